The minimum atomic E-state index is -4.16. The van der Waals surface area contributed by atoms with Crippen LogP contribution in [0, 0.1) is 6.92 Å². The van der Waals surface area contributed by atoms with E-state index in [2.05, 4.69) is 5.32 Å². The Hall–Kier alpha value is -3.07. The summed E-state index contributed by atoms with van der Waals surface area (Å²) in [7, 11) is -4.16. The molecule has 3 aromatic rings. The van der Waals surface area contributed by atoms with Gasteiger partial charge in [0.15, 0.2) is 0 Å². The van der Waals surface area contributed by atoms with E-state index in [4.69, 9.17) is 23.2 Å². The Morgan fingerprint density at radius 2 is 1.58 bits per heavy atom. The number of sulfonamides is 1. The molecule has 0 aliphatic heterocycles. The number of anilines is 1. The van der Waals surface area contributed by atoms with E-state index in [1.165, 1.54) is 17.0 Å². The molecule has 10 heteroatoms. The van der Waals surface area contributed by atoms with Crippen LogP contribution in [0.2, 0.25) is 10.0 Å². The molecular formula is C28H31Cl2N3O4S. The molecule has 0 fully saturated rings. The molecule has 0 aromatic heterocycles. The highest BCUT2D eigenvalue weighted by atomic mass is 35.5. The molecule has 0 bridgehead atoms. The van der Waals surface area contributed by atoms with E-state index in [0.717, 1.165) is 4.31 Å². The summed E-state index contributed by atoms with van der Waals surface area (Å²) in [6.45, 7) is 6.46. The molecule has 0 unspecified atom stereocenters. The normalized spacial score (nSPS) is 12.2. The number of hydrogen-bond donors (Lipinski definition) is 1. The van der Waals surface area contributed by atoms with Crippen molar-refractivity contribution in [3.05, 3.63) is 94.0 Å². The van der Waals surface area contributed by atoms with Gasteiger partial charge in [0.2, 0.25) is 11.8 Å². The van der Waals surface area contributed by atoms with E-state index in [1.807, 2.05) is 13.8 Å². The van der Waals surface area contributed by atoms with Crippen molar-refractivity contribution in [2.75, 3.05) is 10.8 Å². The molecule has 0 saturated carbocycles. The Morgan fingerprint density at radius 3 is 2.21 bits per heavy atom. The first-order valence-electron chi connectivity index (χ1n) is 12.1. The summed E-state index contributed by atoms with van der Waals surface area (Å²) in [5.41, 5.74) is 1.48. The molecule has 0 aliphatic rings. The van der Waals surface area contributed by atoms with Gasteiger partial charge in [0.05, 0.1) is 10.6 Å². The third kappa shape index (κ3) is 7.07. The quantitative estimate of drug-likeness (QED) is 0.348. The van der Waals surface area contributed by atoms with Crippen molar-refractivity contribution in [3.8, 4) is 0 Å². The van der Waals surface area contributed by atoms with Crippen LogP contribution in [0.4, 0.5) is 5.69 Å². The number of nitrogens with one attached hydrogen (secondary N) is 1. The molecule has 7 nitrogen and oxygen atoms in total. The van der Waals surface area contributed by atoms with Crippen molar-refractivity contribution in [1.29, 1.82) is 0 Å². The van der Waals surface area contributed by atoms with Crippen LogP contribution in [0.1, 0.15) is 31.9 Å². The standard InChI is InChI=1S/C28H31Cl2N3O4S/c1-19(2)31-28(35)21(4)32(17-22-10-8-11-23(29)16-22)27(34)18-33(26-15-9-14-25(30)20(26)3)38(36,37)24-12-6-5-7-13-24/h5-16,19,21H,17-18H2,1-4H3,(H,31,35)/t21-/m0/s1. The Bertz CT molecular complexity index is 1400. The molecule has 38 heavy (non-hydrogen) atoms. The average molecular weight is 577 g/mol. The molecule has 202 valence electrons. The smallest absolute Gasteiger partial charge is 0.264 e. The zero-order valence-electron chi connectivity index (χ0n) is 21.7. The summed E-state index contributed by atoms with van der Waals surface area (Å²) in [6.07, 6.45) is 0. The summed E-state index contributed by atoms with van der Waals surface area (Å²) in [5.74, 6) is -0.915. The van der Waals surface area contributed by atoms with Gasteiger partial charge in [0.25, 0.3) is 10.0 Å². The van der Waals surface area contributed by atoms with Crippen LogP contribution in [0.25, 0.3) is 0 Å². The van der Waals surface area contributed by atoms with Gasteiger partial charge in [0.1, 0.15) is 12.6 Å². The van der Waals surface area contributed by atoms with Gasteiger partial charge in [-0.25, -0.2) is 8.42 Å². The maximum atomic E-state index is 13.9. The van der Waals surface area contributed by atoms with Crippen molar-refractivity contribution in [1.82, 2.24) is 10.2 Å². The van der Waals surface area contributed by atoms with Gasteiger partial charge >= 0.3 is 0 Å². The minimum absolute atomic E-state index is 0.0270. The Labute approximate surface area is 234 Å². The van der Waals surface area contributed by atoms with Gasteiger partial charge in [-0.05, 0) is 75.2 Å². The summed E-state index contributed by atoms with van der Waals surface area (Å²) < 4.78 is 28.7. The number of hydrogen-bond acceptors (Lipinski definition) is 4. The highest BCUT2D eigenvalue weighted by Crippen LogP contribution is 2.31. The predicted octanol–water partition coefficient (Wildman–Crippen LogP) is 5.44. The van der Waals surface area contributed by atoms with Gasteiger partial charge < -0.3 is 10.2 Å². The van der Waals surface area contributed by atoms with Gasteiger partial charge in [-0.3, -0.25) is 13.9 Å². The summed E-state index contributed by atoms with van der Waals surface area (Å²) in [6, 6.07) is 18.7. The van der Waals surface area contributed by atoms with Crippen LogP contribution in [-0.4, -0.2) is 43.8 Å². The average Bonchev–Trinajstić information content (AvgIpc) is 2.87. The van der Waals surface area contributed by atoms with Crippen molar-refractivity contribution < 1.29 is 18.0 Å². The lowest BCUT2D eigenvalue weighted by Gasteiger charge is -2.32. The second kappa shape index (κ2) is 12.7. The number of nitrogens with zero attached hydrogens (tertiary/aromatic N) is 2. The molecule has 0 radical (unpaired) electrons. The Kier molecular flexibility index (Phi) is 9.82. The highest BCUT2D eigenvalue weighted by Gasteiger charge is 2.33. The van der Waals surface area contributed by atoms with Gasteiger partial charge in [-0.1, -0.05) is 59.6 Å². The Balaban J connectivity index is 2.07. The molecule has 1 atom stereocenters. The first-order valence-corrected chi connectivity index (χ1v) is 14.3. The van der Waals surface area contributed by atoms with E-state index in [1.54, 1.807) is 74.5 Å². The third-order valence-corrected chi connectivity index (χ3v) is 8.38. The lowest BCUT2D eigenvalue weighted by Crippen LogP contribution is -2.52. The summed E-state index contributed by atoms with van der Waals surface area (Å²) in [5, 5.41) is 3.67. The molecule has 0 heterocycles. The lowest BCUT2D eigenvalue weighted by molar-refractivity contribution is -0.139. The van der Waals surface area contributed by atoms with Crippen LogP contribution in [-0.2, 0) is 26.2 Å². The fourth-order valence-electron chi connectivity index (χ4n) is 3.92. The number of carbonyl (C=O) groups is 2. The van der Waals surface area contributed by atoms with E-state index in [0.29, 0.717) is 21.2 Å². The second-order valence-electron chi connectivity index (χ2n) is 9.20. The van der Waals surface area contributed by atoms with Crippen molar-refractivity contribution >= 4 is 50.7 Å². The van der Waals surface area contributed by atoms with E-state index < -0.39 is 28.5 Å². The second-order valence-corrected chi connectivity index (χ2v) is 11.9. The van der Waals surface area contributed by atoms with Crippen LogP contribution in [0.3, 0.4) is 0 Å². The van der Waals surface area contributed by atoms with Crippen molar-refractivity contribution in [2.45, 2.75) is 51.2 Å². The number of benzene rings is 3. The van der Waals surface area contributed by atoms with Crippen LogP contribution in [0.5, 0.6) is 0 Å². The summed E-state index contributed by atoms with van der Waals surface area (Å²) in [4.78, 5) is 28.2. The molecule has 3 rings (SSSR count). The molecule has 3 aromatic carbocycles. The number of rotatable bonds is 10. The lowest BCUT2D eigenvalue weighted by atomic mass is 10.1. The molecule has 1 N–H and O–H groups in total. The fraction of sp³-hybridized carbons (Fsp3) is 0.286. The SMILES string of the molecule is Cc1c(Cl)cccc1N(CC(=O)N(Cc1cccc(Cl)c1)[C@@H](C)C(=O)NC(C)C)S(=O)(=O)c1ccccc1. The maximum Gasteiger partial charge on any atom is 0.264 e. The maximum absolute atomic E-state index is 13.9. The number of halogens is 2. The van der Waals surface area contributed by atoms with Crippen molar-refractivity contribution in [2.24, 2.45) is 0 Å². The molecular weight excluding hydrogens is 545 g/mol. The van der Waals surface area contributed by atoms with Crippen LogP contribution >= 0.6 is 23.2 Å². The van der Waals surface area contributed by atoms with E-state index in [9.17, 15) is 18.0 Å². The zero-order chi connectivity index (χ0) is 28.0. The Morgan fingerprint density at radius 1 is 0.921 bits per heavy atom. The zero-order valence-corrected chi connectivity index (χ0v) is 24.0. The highest BCUT2D eigenvalue weighted by molar-refractivity contribution is 7.92. The molecule has 0 aliphatic carbocycles. The number of amides is 2. The fourth-order valence-corrected chi connectivity index (χ4v) is 5.79. The topological polar surface area (TPSA) is 86.8 Å². The van der Waals surface area contributed by atoms with Gasteiger partial charge in [-0.2, -0.15) is 0 Å². The van der Waals surface area contributed by atoms with E-state index >= 15 is 0 Å². The van der Waals surface area contributed by atoms with Gasteiger partial charge in [0, 0.05) is 22.6 Å². The molecule has 2 amide bonds. The van der Waals surface area contributed by atoms with Crippen LogP contribution < -0.4 is 9.62 Å². The molecule has 0 spiro atoms. The van der Waals surface area contributed by atoms with Crippen molar-refractivity contribution in [3.63, 3.8) is 0 Å². The first kappa shape index (κ1) is 29.5. The third-order valence-electron chi connectivity index (χ3n) is 5.96. The van der Waals surface area contributed by atoms with Crippen LogP contribution in [0.15, 0.2) is 77.7 Å². The number of carbonyl (C=O) groups excluding carboxylic acids is 2. The monoisotopic (exact) mass is 575 g/mol. The predicted molar refractivity (Wildman–Crippen MR) is 152 cm³/mol. The first-order chi connectivity index (χ1) is 17.9. The van der Waals surface area contributed by atoms with E-state index in [-0.39, 0.29) is 29.1 Å². The molecule has 0 saturated heterocycles. The summed E-state index contributed by atoms with van der Waals surface area (Å²) >= 11 is 12.5. The van der Waals surface area contributed by atoms with Gasteiger partial charge in [-0.15, -0.1) is 0 Å². The largest absolute Gasteiger partial charge is 0.352 e. The minimum Gasteiger partial charge on any atom is -0.352 e.